The summed E-state index contributed by atoms with van der Waals surface area (Å²) < 4.78 is 0. The fourth-order valence-electron chi connectivity index (χ4n) is 0.856. The zero-order valence-corrected chi connectivity index (χ0v) is 7.67. The van der Waals surface area contributed by atoms with Crippen LogP contribution in [0.2, 0.25) is 0 Å². The first-order valence-corrected chi connectivity index (χ1v) is 4.27. The van der Waals surface area contributed by atoms with Crippen LogP contribution in [0.4, 0.5) is 0 Å². The van der Waals surface area contributed by atoms with E-state index in [2.05, 4.69) is 0 Å². The summed E-state index contributed by atoms with van der Waals surface area (Å²) in [4.78, 5) is 0. The molecule has 2 N–H and O–H groups in total. The van der Waals surface area contributed by atoms with Crippen molar-refractivity contribution in [2.75, 3.05) is 0 Å². The molecule has 0 aliphatic carbocycles. The summed E-state index contributed by atoms with van der Waals surface area (Å²) in [6.45, 7) is 0. The lowest BCUT2D eigenvalue weighted by molar-refractivity contribution is 0.475. The molecule has 168 valence electrons. The van der Waals surface area contributed by atoms with Crippen molar-refractivity contribution in [3.05, 3.63) is 60.7 Å². The van der Waals surface area contributed by atoms with Crippen LogP contribution in [0.5, 0.6) is 11.5 Å². The molecule has 0 bridgehead atoms. The number of hydrogen-bond acceptors (Lipinski definition) is 2. The van der Waals surface area contributed by atoms with Crippen LogP contribution < -0.4 is 0 Å². The van der Waals surface area contributed by atoms with E-state index in [0.29, 0.717) is 11.5 Å². The van der Waals surface area contributed by atoms with Crippen molar-refractivity contribution in [3.63, 3.8) is 0 Å². The number of phenols is 2. The van der Waals surface area contributed by atoms with Crippen molar-refractivity contribution in [1.29, 1.82) is 0 Å². The lowest BCUT2D eigenvalue weighted by Gasteiger charge is -1.82. The summed E-state index contributed by atoms with van der Waals surface area (Å²) in [6, 6.07) is 17.4. The van der Waals surface area contributed by atoms with Gasteiger partial charge in [0.15, 0.2) is 0 Å². The Morgan fingerprint density at radius 1 is 0.308 bits per heavy atom. The molecule has 0 atom stereocenters. The standard InChI is InChI=1S/2C6H6O.12CH4/c2*7-6-4-2-1-3-5-6;;;;;;;;;;;;/h2*1-5,7H;12*1H4. The van der Waals surface area contributed by atoms with Gasteiger partial charge in [0.25, 0.3) is 0 Å². The molecule has 2 aromatic carbocycles. The Balaban J connectivity index is -0.0000000103. The topological polar surface area (TPSA) is 40.5 Å². The van der Waals surface area contributed by atoms with Crippen LogP contribution in [0.1, 0.15) is 89.1 Å². The smallest absolute Gasteiger partial charge is 0.115 e. The zero-order valence-electron chi connectivity index (χ0n) is 7.67. The van der Waals surface area contributed by atoms with Crippen molar-refractivity contribution in [2.45, 2.75) is 89.1 Å². The Kier molecular flexibility index (Phi) is 192. The highest BCUT2D eigenvalue weighted by atomic mass is 16.3. The average molecular weight is 381 g/mol. The van der Waals surface area contributed by atoms with Gasteiger partial charge >= 0.3 is 0 Å². The maximum atomic E-state index is 8.63. The molecule has 0 unspecified atom stereocenters. The number of phenolic OH excluding ortho intramolecular Hbond substituents is 2. The molecule has 0 aromatic heterocycles. The Bertz CT molecular complexity index is 308. The second kappa shape index (κ2) is 56.8. The fraction of sp³-hybridized carbons (Fsp3) is 0.500. The van der Waals surface area contributed by atoms with Gasteiger partial charge in [-0.15, -0.1) is 0 Å². The van der Waals surface area contributed by atoms with E-state index in [4.69, 9.17) is 10.2 Å². The van der Waals surface area contributed by atoms with E-state index in [1.807, 2.05) is 12.1 Å². The van der Waals surface area contributed by atoms with Gasteiger partial charge in [-0.25, -0.2) is 0 Å². The van der Waals surface area contributed by atoms with E-state index >= 15 is 0 Å². The van der Waals surface area contributed by atoms with Crippen molar-refractivity contribution >= 4 is 0 Å². The van der Waals surface area contributed by atoms with Gasteiger partial charge in [0.2, 0.25) is 0 Å². The quantitative estimate of drug-likeness (QED) is 0.477. The molecule has 2 nitrogen and oxygen atoms in total. The summed E-state index contributed by atoms with van der Waals surface area (Å²) >= 11 is 0. The van der Waals surface area contributed by atoms with E-state index in [1.165, 1.54) is 0 Å². The van der Waals surface area contributed by atoms with Gasteiger partial charge in [0.05, 0.1) is 0 Å². The van der Waals surface area contributed by atoms with Crippen molar-refractivity contribution in [3.8, 4) is 11.5 Å². The van der Waals surface area contributed by atoms with Crippen LogP contribution in [0, 0.1) is 0 Å². The maximum Gasteiger partial charge on any atom is 0.115 e. The molecule has 0 spiro atoms. The molecule has 0 aliphatic heterocycles. The highest BCUT2D eigenvalue weighted by molar-refractivity contribution is 5.19. The Morgan fingerprint density at radius 3 is 0.538 bits per heavy atom. The van der Waals surface area contributed by atoms with Crippen LogP contribution in [0.15, 0.2) is 60.7 Å². The SMILES string of the molecule is C.C.C.C.C.C.C.C.C.C.C.C.Oc1ccccc1.Oc1ccccc1. The minimum absolute atomic E-state index is 0. The van der Waals surface area contributed by atoms with Crippen LogP contribution in [-0.4, -0.2) is 10.2 Å². The summed E-state index contributed by atoms with van der Waals surface area (Å²) in [6.07, 6.45) is 0. The average Bonchev–Trinajstić information content (AvgIpc) is 2.21. The highest BCUT2D eigenvalue weighted by Gasteiger charge is 1.75. The summed E-state index contributed by atoms with van der Waals surface area (Å²) in [5, 5.41) is 17.3. The monoisotopic (exact) mass is 380 g/mol. The molecule has 2 heteroatoms. The van der Waals surface area contributed by atoms with E-state index < -0.39 is 0 Å². The van der Waals surface area contributed by atoms with Crippen LogP contribution in [0.3, 0.4) is 0 Å². The van der Waals surface area contributed by atoms with Gasteiger partial charge < -0.3 is 10.2 Å². The van der Waals surface area contributed by atoms with Gasteiger partial charge in [-0.1, -0.05) is 126 Å². The Hall–Kier alpha value is -1.96. The van der Waals surface area contributed by atoms with Gasteiger partial charge in [0, 0.05) is 0 Å². The van der Waals surface area contributed by atoms with Gasteiger partial charge in [-0.3, -0.25) is 0 Å². The molecule has 26 heavy (non-hydrogen) atoms. The molecule has 0 amide bonds. The molecule has 0 radical (unpaired) electrons. The minimum Gasteiger partial charge on any atom is -0.508 e. The number of para-hydroxylation sites is 2. The first kappa shape index (κ1) is 88.0. The normalized spacial score (nSPS) is 4.62. The fourth-order valence-corrected chi connectivity index (χ4v) is 0.856. The van der Waals surface area contributed by atoms with Crippen LogP contribution in [0.25, 0.3) is 0 Å². The third-order valence-corrected chi connectivity index (χ3v) is 1.51. The molecule has 0 saturated heterocycles. The minimum atomic E-state index is 0. The Labute approximate surface area is 172 Å². The molecular weight excluding hydrogens is 320 g/mol. The van der Waals surface area contributed by atoms with Gasteiger partial charge in [-0.2, -0.15) is 0 Å². The lowest BCUT2D eigenvalue weighted by atomic mass is 10.3. The van der Waals surface area contributed by atoms with Gasteiger partial charge in [0.1, 0.15) is 11.5 Å². The molecule has 2 aromatic rings. The predicted octanol–water partition coefficient (Wildman–Crippen LogP) is 10.4. The number of aromatic hydroxyl groups is 2. The second-order valence-corrected chi connectivity index (χ2v) is 2.67. The predicted molar refractivity (Wildman–Crippen MR) is 137 cm³/mol. The second-order valence-electron chi connectivity index (χ2n) is 2.67. The number of hydrogen-bond donors (Lipinski definition) is 2. The van der Waals surface area contributed by atoms with Crippen LogP contribution >= 0.6 is 0 Å². The van der Waals surface area contributed by atoms with Crippen molar-refractivity contribution in [1.82, 2.24) is 0 Å². The molecule has 2 rings (SSSR count). The molecule has 0 aliphatic rings. The number of benzene rings is 2. The lowest BCUT2D eigenvalue weighted by Crippen LogP contribution is -1.56. The summed E-state index contributed by atoms with van der Waals surface area (Å²) in [5.41, 5.74) is 0. The summed E-state index contributed by atoms with van der Waals surface area (Å²) in [7, 11) is 0. The first-order valence-electron chi connectivity index (χ1n) is 4.27. The number of rotatable bonds is 0. The maximum absolute atomic E-state index is 8.63. The van der Waals surface area contributed by atoms with Crippen molar-refractivity contribution in [2.24, 2.45) is 0 Å². The van der Waals surface area contributed by atoms with E-state index in [-0.39, 0.29) is 89.1 Å². The molecular formula is C24H60O2. The third kappa shape index (κ3) is 49.5. The Morgan fingerprint density at radius 2 is 0.462 bits per heavy atom. The highest BCUT2D eigenvalue weighted by Crippen LogP contribution is 2.03. The summed E-state index contributed by atoms with van der Waals surface area (Å²) in [5.74, 6) is 0.644. The largest absolute Gasteiger partial charge is 0.508 e. The van der Waals surface area contributed by atoms with E-state index in [9.17, 15) is 0 Å². The van der Waals surface area contributed by atoms with Crippen molar-refractivity contribution < 1.29 is 10.2 Å². The molecule has 0 fully saturated rings. The zero-order chi connectivity index (χ0) is 10.2. The van der Waals surface area contributed by atoms with Crippen LogP contribution in [-0.2, 0) is 0 Å². The third-order valence-electron chi connectivity index (χ3n) is 1.51. The van der Waals surface area contributed by atoms with E-state index in [0.717, 1.165) is 0 Å². The van der Waals surface area contributed by atoms with Gasteiger partial charge in [-0.05, 0) is 24.3 Å². The molecule has 0 saturated carbocycles. The van der Waals surface area contributed by atoms with E-state index in [1.54, 1.807) is 48.5 Å². The molecule has 0 heterocycles. The first-order chi connectivity index (χ1) is 6.79.